The molecule has 9 nitrogen and oxygen atoms in total. The second-order valence-corrected chi connectivity index (χ2v) is 13.6. The van der Waals surface area contributed by atoms with E-state index in [1.807, 2.05) is 19.1 Å². The Morgan fingerprint density at radius 3 is 2.56 bits per heavy atom. The molecule has 190 valence electrons. The minimum Gasteiger partial charge on any atom is -0.387 e. The van der Waals surface area contributed by atoms with E-state index in [1.165, 1.54) is 0 Å². The predicted octanol–water partition coefficient (Wildman–Crippen LogP) is 3.29. The third-order valence-electron chi connectivity index (χ3n) is 8.06. The van der Waals surface area contributed by atoms with Crippen molar-refractivity contribution in [2.24, 2.45) is 12.2 Å². The van der Waals surface area contributed by atoms with Crippen molar-refractivity contribution in [2.75, 3.05) is 13.1 Å². The Kier molecular flexibility index (Phi) is 5.75. The molecule has 1 aromatic carbocycles. The van der Waals surface area contributed by atoms with Crippen LogP contribution in [0.1, 0.15) is 85.4 Å². The standard InChI is InChI=1S/C26H31N5O4S/c1-5-25(2,3)36(33,34)26(11-12-26)16-31-13-10-19-22(28-30(4)23(19)24(31)32)20-14-21(35-29-20)18-8-6-17(15-27)7-9-18/h6-9,21H,5,10-14,16H2,1-4H3. The molecule has 1 aromatic heterocycles. The van der Waals surface area contributed by atoms with Gasteiger partial charge in [0.05, 0.1) is 21.1 Å². The van der Waals surface area contributed by atoms with Crippen molar-refractivity contribution in [3.05, 3.63) is 52.3 Å². The van der Waals surface area contributed by atoms with Gasteiger partial charge >= 0.3 is 0 Å². The van der Waals surface area contributed by atoms with E-state index in [0.717, 1.165) is 11.1 Å². The molecule has 10 heteroatoms. The first-order valence-electron chi connectivity index (χ1n) is 12.4. The number of amides is 1. The number of oxime groups is 1. The van der Waals surface area contributed by atoms with Crippen LogP contribution < -0.4 is 0 Å². The molecule has 0 bridgehead atoms. The van der Waals surface area contributed by atoms with Crippen molar-refractivity contribution in [1.82, 2.24) is 14.7 Å². The first-order chi connectivity index (χ1) is 17.0. The predicted molar refractivity (Wildman–Crippen MR) is 134 cm³/mol. The number of aromatic nitrogens is 2. The van der Waals surface area contributed by atoms with E-state index >= 15 is 0 Å². The van der Waals surface area contributed by atoms with Crippen LogP contribution in [0, 0.1) is 11.3 Å². The zero-order chi connectivity index (χ0) is 25.9. The summed E-state index contributed by atoms with van der Waals surface area (Å²) in [5, 5.41) is 17.9. The Balaban J connectivity index is 1.35. The fourth-order valence-electron chi connectivity index (χ4n) is 5.20. The molecule has 3 heterocycles. The Hall–Kier alpha value is -3.19. The van der Waals surface area contributed by atoms with Gasteiger partial charge in [0.15, 0.2) is 15.9 Å². The summed E-state index contributed by atoms with van der Waals surface area (Å²) in [6.45, 7) is 6.12. The van der Waals surface area contributed by atoms with E-state index in [1.54, 1.807) is 42.6 Å². The molecule has 0 N–H and O–H groups in total. The molecule has 36 heavy (non-hydrogen) atoms. The van der Waals surface area contributed by atoms with Crippen molar-refractivity contribution < 1.29 is 18.0 Å². The van der Waals surface area contributed by atoms with E-state index < -0.39 is 19.3 Å². The zero-order valence-corrected chi connectivity index (χ0v) is 21.9. The third kappa shape index (κ3) is 3.72. The highest BCUT2D eigenvalue weighted by molar-refractivity contribution is 7.94. The van der Waals surface area contributed by atoms with Crippen molar-refractivity contribution in [1.29, 1.82) is 5.26 Å². The molecule has 0 radical (unpaired) electrons. The van der Waals surface area contributed by atoms with E-state index in [0.29, 0.717) is 61.3 Å². The smallest absolute Gasteiger partial charge is 0.272 e. The highest BCUT2D eigenvalue weighted by atomic mass is 32.2. The van der Waals surface area contributed by atoms with Crippen LogP contribution in [0.4, 0.5) is 0 Å². The molecule has 2 aromatic rings. The van der Waals surface area contributed by atoms with Crippen LogP contribution in [-0.2, 0) is 28.1 Å². The van der Waals surface area contributed by atoms with Gasteiger partial charge in [0.2, 0.25) is 0 Å². The lowest BCUT2D eigenvalue weighted by Crippen LogP contribution is -2.50. The van der Waals surface area contributed by atoms with Crippen molar-refractivity contribution in [3.63, 3.8) is 0 Å². The van der Waals surface area contributed by atoms with Gasteiger partial charge in [-0.2, -0.15) is 10.4 Å². The van der Waals surface area contributed by atoms with Crippen LogP contribution >= 0.6 is 0 Å². The normalized spacial score (nSPS) is 21.0. The number of hydrogen-bond donors (Lipinski definition) is 0. The van der Waals surface area contributed by atoms with E-state index in [9.17, 15) is 13.2 Å². The lowest BCUT2D eigenvalue weighted by Gasteiger charge is -2.35. The number of nitriles is 1. The molecule has 0 spiro atoms. The van der Waals surface area contributed by atoms with Gasteiger partial charge in [0.25, 0.3) is 5.91 Å². The molecule has 5 rings (SSSR count). The van der Waals surface area contributed by atoms with Crippen LogP contribution in [-0.4, -0.2) is 57.3 Å². The summed E-state index contributed by atoms with van der Waals surface area (Å²) in [7, 11) is -1.66. The highest BCUT2D eigenvalue weighted by Crippen LogP contribution is 2.50. The maximum Gasteiger partial charge on any atom is 0.272 e. The number of hydrogen-bond acceptors (Lipinski definition) is 7. The van der Waals surface area contributed by atoms with Gasteiger partial charge in [0.1, 0.15) is 17.1 Å². The van der Waals surface area contributed by atoms with E-state index in [2.05, 4.69) is 16.3 Å². The lowest BCUT2D eigenvalue weighted by atomic mass is 9.97. The van der Waals surface area contributed by atoms with Crippen LogP contribution in [0.15, 0.2) is 29.4 Å². The Morgan fingerprint density at radius 1 is 1.25 bits per heavy atom. The number of aryl methyl sites for hydroxylation is 1. The number of fused-ring (bicyclic) bond motifs is 1. The summed E-state index contributed by atoms with van der Waals surface area (Å²) in [5.41, 5.74) is 4.18. The molecule has 1 atom stereocenters. The Labute approximate surface area is 211 Å². The summed E-state index contributed by atoms with van der Waals surface area (Å²) < 4.78 is 26.8. The number of carbonyl (C=O) groups is 1. The Bertz CT molecular complexity index is 1390. The summed E-state index contributed by atoms with van der Waals surface area (Å²) in [5.74, 6) is -0.184. The minimum atomic E-state index is -3.40. The van der Waals surface area contributed by atoms with Gasteiger partial charge in [-0.3, -0.25) is 9.48 Å². The molecule has 1 aliphatic carbocycles. The molecule has 1 saturated carbocycles. The fraction of sp³-hybridized carbons (Fsp3) is 0.538. The van der Waals surface area contributed by atoms with Crippen LogP contribution in [0.25, 0.3) is 0 Å². The van der Waals surface area contributed by atoms with Gasteiger partial charge in [-0.05, 0) is 57.2 Å². The molecular formula is C26H31N5O4S. The molecular weight excluding hydrogens is 478 g/mol. The molecule has 2 aliphatic heterocycles. The van der Waals surface area contributed by atoms with Gasteiger partial charge in [-0.15, -0.1) is 0 Å². The summed E-state index contributed by atoms with van der Waals surface area (Å²) in [6, 6.07) is 9.33. The average Bonchev–Trinajstić information content (AvgIpc) is 3.36. The second-order valence-electron chi connectivity index (χ2n) is 10.6. The highest BCUT2D eigenvalue weighted by Gasteiger charge is 2.60. The third-order valence-corrected chi connectivity index (χ3v) is 11.5. The van der Waals surface area contributed by atoms with Gasteiger partial charge in [-0.1, -0.05) is 24.2 Å². The minimum absolute atomic E-state index is 0.184. The van der Waals surface area contributed by atoms with Crippen LogP contribution in [0.5, 0.6) is 0 Å². The fourth-order valence-corrected chi connectivity index (χ4v) is 7.71. The topological polar surface area (TPSA) is 118 Å². The quantitative estimate of drug-likeness (QED) is 0.565. The van der Waals surface area contributed by atoms with E-state index in [-0.39, 0.29) is 18.6 Å². The monoisotopic (exact) mass is 509 g/mol. The van der Waals surface area contributed by atoms with Crippen LogP contribution in [0.3, 0.4) is 0 Å². The first kappa shape index (κ1) is 24.5. The second kappa shape index (κ2) is 8.44. The van der Waals surface area contributed by atoms with E-state index in [4.69, 9.17) is 10.1 Å². The maximum atomic E-state index is 13.5. The van der Waals surface area contributed by atoms with Gasteiger partial charge in [-0.25, -0.2) is 8.42 Å². The SMILES string of the molecule is CCC(C)(C)S(=O)(=O)C1(CN2CCc3c(C4=NOC(c5ccc(C#N)cc5)C4)nn(C)c3C2=O)CC1. The summed E-state index contributed by atoms with van der Waals surface area (Å²) >= 11 is 0. The number of benzene rings is 1. The zero-order valence-electron chi connectivity index (χ0n) is 21.1. The maximum absolute atomic E-state index is 13.5. The summed E-state index contributed by atoms with van der Waals surface area (Å²) in [4.78, 5) is 20.9. The number of sulfone groups is 1. The molecule has 1 unspecified atom stereocenters. The Morgan fingerprint density at radius 2 is 1.94 bits per heavy atom. The molecule has 0 saturated heterocycles. The van der Waals surface area contributed by atoms with Crippen molar-refractivity contribution in [3.8, 4) is 6.07 Å². The number of rotatable bonds is 7. The number of nitrogens with zero attached hydrogens (tertiary/aromatic N) is 5. The van der Waals surface area contributed by atoms with Crippen molar-refractivity contribution in [2.45, 2.75) is 68.5 Å². The molecule has 1 fully saturated rings. The number of carbonyl (C=O) groups excluding carboxylic acids is 1. The summed E-state index contributed by atoms with van der Waals surface area (Å²) in [6.07, 6.45) is 2.55. The van der Waals surface area contributed by atoms with Crippen molar-refractivity contribution >= 4 is 21.5 Å². The molecule has 3 aliphatic rings. The first-order valence-corrected chi connectivity index (χ1v) is 13.8. The molecule has 1 amide bonds. The lowest BCUT2D eigenvalue weighted by molar-refractivity contribution is 0.0724. The van der Waals surface area contributed by atoms with Gasteiger partial charge < -0.3 is 9.74 Å². The van der Waals surface area contributed by atoms with Crippen LogP contribution in [0.2, 0.25) is 0 Å². The average molecular weight is 510 g/mol. The van der Waals surface area contributed by atoms with Gasteiger partial charge in [0, 0.05) is 32.1 Å². The largest absolute Gasteiger partial charge is 0.387 e.